The molecule has 0 atom stereocenters. The second-order valence-electron chi connectivity index (χ2n) is 6.29. The average Bonchev–Trinajstić information content (AvgIpc) is 3.25. The van der Waals surface area contributed by atoms with Crippen molar-refractivity contribution in [2.75, 3.05) is 26.5 Å². The minimum atomic E-state index is -0.158. The van der Waals surface area contributed by atoms with E-state index in [0.29, 0.717) is 49.7 Å². The van der Waals surface area contributed by atoms with Crippen molar-refractivity contribution in [1.29, 1.82) is 0 Å². The van der Waals surface area contributed by atoms with Gasteiger partial charge in [-0.05, 0) is 31.9 Å². The van der Waals surface area contributed by atoms with Gasteiger partial charge in [-0.25, -0.2) is 0 Å². The Balaban J connectivity index is 1.46. The molecule has 1 fully saturated rings. The number of H-pyrrole nitrogens is 1. The van der Waals surface area contributed by atoms with Crippen molar-refractivity contribution in [2.24, 2.45) is 5.92 Å². The van der Waals surface area contributed by atoms with E-state index >= 15 is 0 Å². The highest BCUT2D eigenvalue weighted by Gasteiger charge is 2.29. The van der Waals surface area contributed by atoms with Gasteiger partial charge in [0.1, 0.15) is 5.69 Å². The predicted molar refractivity (Wildman–Crippen MR) is 89.7 cm³/mol. The zero-order chi connectivity index (χ0) is 17.4. The number of carbonyl (C=O) groups is 2. The summed E-state index contributed by atoms with van der Waals surface area (Å²) in [6.45, 7) is 3.53. The minimum absolute atomic E-state index is 0.0551. The van der Waals surface area contributed by atoms with Crippen LogP contribution in [0.3, 0.4) is 0 Å². The average molecular weight is 344 g/mol. The zero-order valence-electron chi connectivity index (χ0n) is 14.0. The van der Waals surface area contributed by atoms with Crippen molar-refractivity contribution in [3.63, 3.8) is 0 Å². The fraction of sp³-hybridized carbons (Fsp3) is 0.444. The highest BCUT2D eigenvalue weighted by molar-refractivity contribution is 5.99. The van der Waals surface area contributed by atoms with Gasteiger partial charge in [-0.1, -0.05) is 0 Å². The van der Waals surface area contributed by atoms with Gasteiger partial charge in [-0.15, -0.1) is 0 Å². The molecule has 0 bridgehead atoms. The lowest BCUT2D eigenvalue weighted by molar-refractivity contribution is -0.149. The highest BCUT2D eigenvalue weighted by Crippen LogP contribution is 2.36. The summed E-state index contributed by atoms with van der Waals surface area (Å²) < 4.78 is 15.8. The number of ether oxygens (including phenoxy) is 3. The number of aromatic nitrogens is 1. The summed E-state index contributed by atoms with van der Waals surface area (Å²) >= 11 is 0. The molecule has 0 spiro atoms. The molecule has 3 heterocycles. The number of aromatic amines is 1. The van der Waals surface area contributed by atoms with Crippen molar-refractivity contribution < 1.29 is 23.8 Å². The van der Waals surface area contributed by atoms with Crippen LogP contribution in [0.4, 0.5) is 0 Å². The molecule has 1 aromatic heterocycles. The maximum absolute atomic E-state index is 12.7. The molecule has 4 rings (SSSR count). The van der Waals surface area contributed by atoms with Crippen molar-refractivity contribution in [3.05, 3.63) is 23.9 Å². The van der Waals surface area contributed by atoms with Crippen molar-refractivity contribution in [3.8, 4) is 11.5 Å². The maximum Gasteiger partial charge on any atom is 0.309 e. The summed E-state index contributed by atoms with van der Waals surface area (Å²) in [6.07, 6.45) is 1.28. The molecule has 2 aliphatic heterocycles. The molecule has 0 aliphatic carbocycles. The Morgan fingerprint density at radius 3 is 2.64 bits per heavy atom. The third kappa shape index (κ3) is 2.90. The number of likely N-dealkylation sites (tertiary alicyclic amines) is 1. The van der Waals surface area contributed by atoms with Gasteiger partial charge in [0.2, 0.25) is 6.79 Å². The van der Waals surface area contributed by atoms with Gasteiger partial charge in [-0.2, -0.15) is 0 Å². The Kier molecular flexibility index (Phi) is 3.99. The predicted octanol–water partition coefficient (Wildman–Crippen LogP) is 2.31. The third-order valence-corrected chi connectivity index (χ3v) is 4.75. The number of fused-ring (bicyclic) bond motifs is 2. The van der Waals surface area contributed by atoms with Gasteiger partial charge in [0.15, 0.2) is 11.5 Å². The number of piperidine rings is 1. The van der Waals surface area contributed by atoms with Crippen LogP contribution in [0.15, 0.2) is 18.2 Å². The molecule has 1 saturated heterocycles. The number of amides is 1. The molecule has 1 aromatic carbocycles. The molecule has 2 aliphatic rings. The number of nitrogens with zero attached hydrogens (tertiary/aromatic N) is 1. The quantitative estimate of drug-likeness (QED) is 0.864. The Hall–Kier alpha value is -2.70. The molecule has 132 valence electrons. The lowest BCUT2D eigenvalue weighted by Gasteiger charge is -2.30. The minimum Gasteiger partial charge on any atom is -0.466 e. The number of carbonyl (C=O) groups excluding carboxylic acids is 2. The van der Waals surface area contributed by atoms with Crippen molar-refractivity contribution >= 4 is 22.8 Å². The second kappa shape index (κ2) is 6.31. The van der Waals surface area contributed by atoms with Crippen LogP contribution >= 0.6 is 0 Å². The zero-order valence-corrected chi connectivity index (χ0v) is 14.0. The summed E-state index contributed by atoms with van der Waals surface area (Å²) in [5.74, 6) is 1.06. The summed E-state index contributed by atoms with van der Waals surface area (Å²) in [4.78, 5) is 29.5. The number of benzene rings is 1. The van der Waals surface area contributed by atoms with E-state index in [9.17, 15) is 9.59 Å². The largest absolute Gasteiger partial charge is 0.466 e. The van der Waals surface area contributed by atoms with E-state index < -0.39 is 0 Å². The Morgan fingerprint density at radius 1 is 1.20 bits per heavy atom. The summed E-state index contributed by atoms with van der Waals surface area (Å²) in [5.41, 5.74) is 1.38. The molecule has 2 aromatic rings. The highest BCUT2D eigenvalue weighted by atomic mass is 16.7. The topological polar surface area (TPSA) is 80.9 Å². The molecule has 0 radical (unpaired) electrons. The van der Waals surface area contributed by atoms with E-state index in [-0.39, 0.29) is 24.6 Å². The van der Waals surface area contributed by atoms with Gasteiger partial charge in [-0.3, -0.25) is 9.59 Å². The summed E-state index contributed by atoms with van der Waals surface area (Å²) in [5, 5.41) is 0.911. The number of nitrogens with one attached hydrogen (secondary N) is 1. The van der Waals surface area contributed by atoms with Crippen LogP contribution < -0.4 is 9.47 Å². The fourth-order valence-electron chi connectivity index (χ4n) is 3.39. The van der Waals surface area contributed by atoms with Crippen LogP contribution in [0.2, 0.25) is 0 Å². The van der Waals surface area contributed by atoms with E-state index in [4.69, 9.17) is 14.2 Å². The van der Waals surface area contributed by atoms with Gasteiger partial charge in [0, 0.05) is 30.1 Å². The molecule has 1 amide bonds. The van der Waals surface area contributed by atoms with Crippen molar-refractivity contribution in [1.82, 2.24) is 9.88 Å². The van der Waals surface area contributed by atoms with Crippen molar-refractivity contribution in [2.45, 2.75) is 19.8 Å². The standard InChI is InChI=1S/C18H20N2O5/c1-2-23-18(22)11-3-5-20(6-4-11)17(21)14-7-12-8-15-16(25-10-24-15)9-13(12)19-14/h7-9,11,19H,2-6,10H2,1H3. The van der Waals surface area contributed by atoms with Crippen LogP contribution in [0.5, 0.6) is 11.5 Å². The van der Waals surface area contributed by atoms with E-state index in [0.717, 1.165) is 10.9 Å². The van der Waals surface area contributed by atoms with Gasteiger partial charge in [0.25, 0.3) is 5.91 Å². The summed E-state index contributed by atoms with van der Waals surface area (Å²) in [7, 11) is 0. The van der Waals surface area contributed by atoms with Crippen LogP contribution in [0, 0.1) is 5.92 Å². The van der Waals surface area contributed by atoms with E-state index in [1.807, 2.05) is 18.2 Å². The normalized spacial score (nSPS) is 17.1. The first-order valence-corrected chi connectivity index (χ1v) is 8.54. The molecular weight excluding hydrogens is 324 g/mol. The number of rotatable bonds is 3. The molecule has 7 nitrogen and oxygen atoms in total. The maximum atomic E-state index is 12.7. The molecule has 7 heteroatoms. The number of hydrogen-bond acceptors (Lipinski definition) is 5. The molecule has 1 N–H and O–H groups in total. The van der Waals surface area contributed by atoms with Crippen LogP contribution in [0.25, 0.3) is 10.9 Å². The second-order valence-corrected chi connectivity index (χ2v) is 6.29. The Labute approximate surface area is 144 Å². The SMILES string of the molecule is CCOC(=O)C1CCN(C(=O)c2cc3cc4c(cc3[nH]2)OCO4)CC1. The molecule has 25 heavy (non-hydrogen) atoms. The van der Waals surface area contributed by atoms with Gasteiger partial charge in [0.05, 0.1) is 12.5 Å². The monoisotopic (exact) mass is 344 g/mol. The van der Waals surface area contributed by atoms with Gasteiger partial charge < -0.3 is 24.1 Å². The van der Waals surface area contributed by atoms with E-state index in [1.54, 1.807) is 11.8 Å². The Bertz CT molecular complexity index is 779. The number of esters is 1. The Morgan fingerprint density at radius 2 is 1.92 bits per heavy atom. The van der Waals surface area contributed by atoms with Crippen LogP contribution in [-0.2, 0) is 9.53 Å². The van der Waals surface area contributed by atoms with E-state index in [2.05, 4.69) is 4.98 Å². The lowest BCUT2D eigenvalue weighted by atomic mass is 9.97. The van der Waals surface area contributed by atoms with Crippen LogP contribution in [-0.4, -0.2) is 48.2 Å². The van der Waals surface area contributed by atoms with E-state index in [1.165, 1.54) is 0 Å². The smallest absolute Gasteiger partial charge is 0.309 e. The lowest BCUT2D eigenvalue weighted by Crippen LogP contribution is -2.40. The number of hydrogen-bond donors (Lipinski definition) is 1. The molecule has 0 saturated carbocycles. The third-order valence-electron chi connectivity index (χ3n) is 4.75. The first-order valence-electron chi connectivity index (χ1n) is 8.54. The van der Waals surface area contributed by atoms with Crippen LogP contribution in [0.1, 0.15) is 30.3 Å². The molecular formula is C18H20N2O5. The molecule has 0 unspecified atom stereocenters. The first kappa shape index (κ1) is 15.8. The van der Waals surface area contributed by atoms with Gasteiger partial charge >= 0.3 is 5.97 Å². The summed E-state index contributed by atoms with van der Waals surface area (Å²) in [6, 6.07) is 5.55. The fourth-order valence-corrected chi connectivity index (χ4v) is 3.39. The first-order chi connectivity index (χ1) is 12.2.